The molecule has 9 nitrogen and oxygen atoms in total. The molecule has 2 N–H and O–H groups in total. The first-order valence-corrected chi connectivity index (χ1v) is 14.4. The lowest BCUT2D eigenvalue weighted by atomic mass is 10.1. The Balaban J connectivity index is 1.79. The van der Waals surface area contributed by atoms with Crippen LogP contribution in [0.15, 0.2) is 65.6 Å². The van der Waals surface area contributed by atoms with Gasteiger partial charge in [-0.15, -0.1) is 0 Å². The lowest BCUT2D eigenvalue weighted by Gasteiger charge is -2.28. The van der Waals surface area contributed by atoms with E-state index in [1.165, 1.54) is 38.4 Å². The zero-order valence-corrected chi connectivity index (χ0v) is 23.5. The fourth-order valence-corrected chi connectivity index (χ4v) is 5.86. The molecule has 0 heterocycles. The van der Waals surface area contributed by atoms with E-state index in [2.05, 4.69) is 10.0 Å². The van der Waals surface area contributed by atoms with E-state index in [1.807, 2.05) is 13.0 Å². The minimum absolute atomic E-state index is 0.0166. The molecule has 0 unspecified atom stereocenters. The second-order valence-corrected chi connectivity index (χ2v) is 12.8. The number of carbonyl (C=O) groups excluding carboxylic acids is 1. The number of aryl methyl sites for hydroxylation is 2. The smallest absolute Gasteiger partial charge is 0.304 e. The van der Waals surface area contributed by atoms with Crippen molar-refractivity contribution in [3.8, 4) is 0 Å². The summed E-state index contributed by atoms with van der Waals surface area (Å²) in [5.41, 5.74) is 3.20. The molecule has 0 aliphatic carbocycles. The van der Waals surface area contributed by atoms with E-state index in [4.69, 9.17) is 11.6 Å². The van der Waals surface area contributed by atoms with Crippen molar-refractivity contribution in [1.82, 2.24) is 4.31 Å². The van der Waals surface area contributed by atoms with Crippen LogP contribution in [0.5, 0.6) is 0 Å². The normalized spacial score (nSPS) is 11.9. The molecule has 0 aromatic heterocycles. The Kier molecular flexibility index (Phi) is 8.53. The van der Waals surface area contributed by atoms with Crippen molar-refractivity contribution in [1.29, 1.82) is 0 Å². The van der Waals surface area contributed by atoms with Crippen molar-refractivity contribution in [3.63, 3.8) is 0 Å². The van der Waals surface area contributed by atoms with E-state index in [-0.39, 0.29) is 4.90 Å². The molecule has 0 bridgehead atoms. The number of anilines is 3. The molecule has 37 heavy (non-hydrogen) atoms. The summed E-state index contributed by atoms with van der Waals surface area (Å²) >= 11 is 6.08. The van der Waals surface area contributed by atoms with Gasteiger partial charge in [-0.05, 0) is 79.9 Å². The summed E-state index contributed by atoms with van der Waals surface area (Å²) in [6.45, 7) is 4.84. The highest BCUT2D eigenvalue weighted by Gasteiger charge is 2.28. The standard InChI is InChI=1S/C25H29ClN4O5S2/c1-17-9-10-18(2)24(15-17)30(37(34,35)29(4)5)16-25(31)27-20-11-13-21(14-12-20)36(32,33)28-23-8-6-7-22(26)19(23)3/h6-15,28H,16H2,1-5H3,(H,27,31). The van der Waals surface area contributed by atoms with Gasteiger partial charge in [0.25, 0.3) is 10.0 Å². The Morgan fingerprint density at radius 1 is 0.919 bits per heavy atom. The van der Waals surface area contributed by atoms with Crippen molar-refractivity contribution in [2.75, 3.05) is 35.0 Å². The number of sulfonamides is 1. The molecule has 3 aromatic rings. The molecule has 0 saturated carbocycles. The number of amides is 1. The second kappa shape index (κ2) is 11.1. The fraction of sp³-hybridized carbons (Fsp3) is 0.240. The Bertz CT molecular complexity index is 1520. The zero-order chi connectivity index (χ0) is 27.5. The van der Waals surface area contributed by atoms with Crippen LogP contribution in [0.1, 0.15) is 16.7 Å². The van der Waals surface area contributed by atoms with Crippen molar-refractivity contribution in [2.45, 2.75) is 25.7 Å². The van der Waals surface area contributed by atoms with Crippen LogP contribution in [0.3, 0.4) is 0 Å². The lowest BCUT2D eigenvalue weighted by molar-refractivity contribution is -0.114. The Morgan fingerprint density at radius 2 is 1.57 bits per heavy atom. The van der Waals surface area contributed by atoms with Gasteiger partial charge in [-0.25, -0.2) is 12.7 Å². The van der Waals surface area contributed by atoms with Crippen LogP contribution in [0.4, 0.5) is 17.1 Å². The summed E-state index contributed by atoms with van der Waals surface area (Å²) < 4.78 is 56.3. The highest BCUT2D eigenvalue weighted by Crippen LogP contribution is 2.27. The van der Waals surface area contributed by atoms with Gasteiger partial charge < -0.3 is 5.32 Å². The van der Waals surface area contributed by atoms with Crippen molar-refractivity contribution < 1.29 is 21.6 Å². The quantitative estimate of drug-likeness (QED) is 0.401. The van der Waals surface area contributed by atoms with E-state index in [0.717, 1.165) is 14.2 Å². The molecule has 0 atom stereocenters. The highest BCUT2D eigenvalue weighted by atomic mass is 35.5. The minimum Gasteiger partial charge on any atom is -0.325 e. The topological polar surface area (TPSA) is 116 Å². The number of halogens is 1. The summed E-state index contributed by atoms with van der Waals surface area (Å²) in [7, 11) is -5.09. The minimum atomic E-state index is -3.97. The van der Waals surface area contributed by atoms with Gasteiger partial charge in [0.05, 0.1) is 16.3 Å². The van der Waals surface area contributed by atoms with Crippen LogP contribution in [0.2, 0.25) is 5.02 Å². The predicted octanol–water partition coefficient (Wildman–Crippen LogP) is 4.32. The van der Waals surface area contributed by atoms with Crippen LogP contribution >= 0.6 is 11.6 Å². The number of benzene rings is 3. The lowest BCUT2D eigenvalue weighted by Crippen LogP contribution is -2.44. The zero-order valence-electron chi connectivity index (χ0n) is 21.1. The summed E-state index contributed by atoms with van der Waals surface area (Å²) in [5.74, 6) is -0.588. The Hall–Kier alpha value is -3.12. The summed E-state index contributed by atoms with van der Waals surface area (Å²) in [6.07, 6.45) is 0. The molecule has 0 aliphatic heterocycles. The molecule has 0 fully saturated rings. The number of nitrogens with zero attached hydrogens (tertiary/aromatic N) is 2. The van der Waals surface area contributed by atoms with Crippen molar-refractivity contribution in [3.05, 3.63) is 82.4 Å². The molecule has 3 aromatic carbocycles. The average molecular weight is 565 g/mol. The monoisotopic (exact) mass is 564 g/mol. The maximum atomic E-state index is 13.0. The summed E-state index contributed by atoms with van der Waals surface area (Å²) in [6, 6.07) is 15.8. The van der Waals surface area contributed by atoms with Gasteiger partial charge >= 0.3 is 10.2 Å². The molecular formula is C25H29ClN4O5S2. The maximum absolute atomic E-state index is 13.0. The van der Waals surface area contributed by atoms with Gasteiger partial charge in [0, 0.05) is 24.8 Å². The van der Waals surface area contributed by atoms with Gasteiger partial charge in [0.1, 0.15) is 6.54 Å². The van der Waals surface area contributed by atoms with E-state index < -0.39 is 32.7 Å². The second-order valence-electron chi connectivity index (χ2n) is 8.68. The number of carbonyl (C=O) groups is 1. The van der Waals surface area contributed by atoms with Gasteiger partial charge in [-0.3, -0.25) is 9.52 Å². The maximum Gasteiger partial charge on any atom is 0.304 e. The molecule has 12 heteroatoms. The number of nitrogens with one attached hydrogen (secondary N) is 2. The summed E-state index contributed by atoms with van der Waals surface area (Å²) in [5, 5.41) is 3.07. The Labute approximate surface area is 223 Å². The van der Waals surface area contributed by atoms with E-state index in [1.54, 1.807) is 44.2 Å². The molecule has 0 saturated heterocycles. The molecule has 198 valence electrons. The third-order valence-electron chi connectivity index (χ3n) is 5.62. The molecule has 0 radical (unpaired) electrons. The number of hydrogen-bond donors (Lipinski definition) is 2. The third kappa shape index (κ3) is 6.61. The first kappa shape index (κ1) is 28.5. The van der Waals surface area contributed by atoms with Gasteiger partial charge in [0.2, 0.25) is 5.91 Å². The first-order valence-electron chi connectivity index (χ1n) is 11.2. The number of rotatable bonds is 9. The molecule has 3 rings (SSSR count). The van der Waals surface area contributed by atoms with Crippen LogP contribution in [0.25, 0.3) is 0 Å². The van der Waals surface area contributed by atoms with E-state index >= 15 is 0 Å². The van der Waals surface area contributed by atoms with Crippen LogP contribution in [0, 0.1) is 20.8 Å². The van der Waals surface area contributed by atoms with Gasteiger partial charge in [0.15, 0.2) is 0 Å². The number of hydrogen-bond acceptors (Lipinski definition) is 5. The molecule has 0 aliphatic rings. The molecule has 0 spiro atoms. The van der Waals surface area contributed by atoms with E-state index in [9.17, 15) is 21.6 Å². The van der Waals surface area contributed by atoms with E-state index in [0.29, 0.717) is 33.2 Å². The fourth-order valence-electron chi connectivity index (χ4n) is 3.45. The third-order valence-corrected chi connectivity index (χ3v) is 9.22. The highest BCUT2D eigenvalue weighted by molar-refractivity contribution is 7.92. The largest absolute Gasteiger partial charge is 0.325 e. The molecule has 1 amide bonds. The van der Waals surface area contributed by atoms with Gasteiger partial charge in [-0.2, -0.15) is 12.7 Å². The van der Waals surface area contributed by atoms with Crippen LogP contribution in [-0.4, -0.2) is 47.7 Å². The van der Waals surface area contributed by atoms with Crippen LogP contribution < -0.4 is 14.3 Å². The van der Waals surface area contributed by atoms with Crippen LogP contribution in [-0.2, 0) is 25.0 Å². The average Bonchev–Trinajstić information content (AvgIpc) is 2.82. The first-order chi connectivity index (χ1) is 17.2. The van der Waals surface area contributed by atoms with Crippen molar-refractivity contribution >= 4 is 54.8 Å². The van der Waals surface area contributed by atoms with Crippen molar-refractivity contribution in [2.24, 2.45) is 0 Å². The SMILES string of the molecule is Cc1ccc(C)c(N(CC(=O)Nc2ccc(S(=O)(=O)Nc3cccc(Cl)c3C)cc2)S(=O)(=O)N(C)C)c1. The summed E-state index contributed by atoms with van der Waals surface area (Å²) in [4.78, 5) is 12.9. The Morgan fingerprint density at radius 3 is 2.19 bits per heavy atom. The van der Waals surface area contributed by atoms with Gasteiger partial charge in [-0.1, -0.05) is 29.8 Å². The molecular weight excluding hydrogens is 536 g/mol. The predicted molar refractivity (Wildman–Crippen MR) is 148 cm³/mol.